The maximum atomic E-state index is 6.57. The summed E-state index contributed by atoms with van der Waals surface area (Å²) in [6.45, 7) is 0. The lowest BCUT2D eigenvalue weighted by atomic mass is 9.80. The molecule has 1 aliphatic rings. The van der Waals surface area contributed by atoms with Crippen molar-refractivity contribution < 1.29 is 4.42 Å². The average molecular weight is 785 g/mol. The van der Waals surface area contributed by atoms with Gasteiger partial charge in [0.05, 0.1) is 27.8 Å². The Labute approximate surface area is 355 Å². The fourth-order valence-corrected chi connectivity index (χ4v) is 10.5. The minimum Gasteiger partial charge on any atom is -0.456 e. The number of anilines is 3. The van der Waals surface area contributed by atoms with E-state index in [1.54, 1.807) is 0 Å². The normalized spacial score (nSPS) is 13.5. The molecule has 0 N–H and O–H groups in total. The number of nitrogens with zero attached hydrogens (tertiary/aromatic N) is 2. The number of aromatic nitrogens is 1. The second kappa shape index (κ2) is 14.7. The van der Waals surface area contributed by atoms with Gasteiger partial charge in [-0.3, -0.25) is 0 Å². The van der Waals surface area contributed by atoms with E-state index < -0.39 is 0 Å². The molecule has 3 nitrogen and oxygen atoms in total. The number of benzene rings is 9. The lowest BCUT2D eigenvalue weighted by Gasteiger charge is -2.30. The number of hydrogen-bond donors (Lipinski definition) is 0. The van der Waals surface area contributed by atoms with Gasteiger partial charge in [0.2, 0.25) is 0 Å². The summed E-state index contributed by atoms with van der Waals surface area (Å²) in [7, 11) is 0. The van der Waals surface area contributed by atoms with Gasteiger partial charge in [0.15, 0.2) is 0 Å². The Kier molecular flexibility index (Phi) is 8.59. The summed E-state index contributed by atoms with van der Waals surface area (Å²) >= 11 is 0. The van der Waals surface area contributed by atoms with Crippen LogP contribution in [0.3, 0.4) is 0 Å². The molecular weight excluding hydrogens is 741 g/mol. The molecule has 1 aliphatic carbocycles. The van der Waals surface area contributed by atoms with E-state index in [2.05, 4.69) is 210 Å². The zero-order chi connectivity index (χ0) is 40.3. The van der Waals surface area contributed by atoms with Crippen LogP contribution in [0.1, 0.15) is 43.6 Å². The van der Waals surface area contributed by atoms with Gasteiger partial charge < -0.3 is 13.9 Å². The monoisotopic (exact) mass is 784 g/mol. The van der Waals surface area contributed by atoms with Gasteiger partial charge in [-0.25, -0.2) is 0 Å². The van der Waals surface area contributed by atoms with Gasteiger partial charge in [-0.1, -0.05) is 165 Å². The minimum absolute atomic E-state index is 0.568. The Morgan fingerprint density at radius 2 is 1.11 bits per heavy atom. The molecule has 0 atom stereocenters. The van der Waals surface area contributed by atoms with Crippen LogP contribution in [-0.2, 0) is 0 Å². The third kappa shape index (κ3) is 5.87. The molecule has 1 fully saturated rings. The van der Waals surface area contributed by atoms with Crippen LogP contribution in [0.15, 0.2) is 205 Å². The van der Waals surface area contributed by atoms with Crippen LogP contribution in [0.2, 0.25) is 0 Å². The van der Waals surface area contributed by atoms with Crippen LogP contribution in [-0.4, -0.2) is 4.57 Å². The van der Waals surface area contributed by atoms with Crippen LogP contribution in [0.25, 0.3) is 82.5 Å². The van der Waals surface area contributed by atoms with Crippen LogP contribution in [0, 0.1) is 0 Å². The third-order valence-electron chi connectivity index (χ3n) is 13.2. The molecule has 0 saturated heterocycles. The number of hydrogen-bond acceptors (Lipinski definition) is 2. The molecular formula is C58H44N2O. The molecule has 1 saturated carbocycles. The van der Waals surface area contributed by atoms with Crippen molar-refractivity contribution in [1.82, 2.24) is 4.57 Å². The summed E-state index contributed by atoms with van der Waals surface area (Å²) < 4.78 is 9.00. The number of rotatable bonds is 7. The summed E-state index contributed by atoms with van der Waals surface area (Å²) in [5, 5.41) is 7.37. The molecule has 0 spiro atoms. The molecule has 11 aromatic rings. The van der Waals surface area contributed by atoms with Crippen molar-refractivity contribution in [2.75, 3.05) is 4.90 Å². The maximum Gasteiger partial charge on any atom is 0.137 e. The molecule has 61 heavy (non-hydrogen) atoms. The van der Waals surface area contributed by atoms with Gasteiger partial charge in [-0.05, 0) is 101 Å². The van der Waals surface area contributed by atoms with Crippen LogP contribution in [0.5, 0.6) is 0 Å². The Morgan fingerprint density at radius 1 is 0.459 bits per heavy atom. The summed E-state index contributed by atoms with van der Waals surface area (Å²) in [6.07, 6.45) is 6.43. The van der Waals surface area contributed by atoms with E-state index in [9.17, 15) is 0 Å². The first-order valence-electron chi connectivity index (χ1n) is 21.8. The topological polar surface area (TPSA) is 21.3 Å². The van der Waals surface area contributed by atoms with E-state index in [1.807, 2.05) is 0 Å². The van der Waals surface area contributed by atoms with Crippen molar-refractivity contribution in [3.63, 3.8) is 0 Å². The summed E-state index contributed by atoms with van der Waals surface area (Å²) in [4.78, 5) is 2.48. The quantitative estimate of drug-likeness (QED) is 0.161. The Morgan fingerprint density at radius 3 is 2.02 bits per heavy atom. The number of para-hydroxylation sites is 5. The standard InChI is InChI=1S/C58H44N2O/c1-3-18-39(19-4-1)44-29-14-20-40-21-15-31-48(56(40)44)46-26-7-10-33-51(46)59(53-35-17-37-55-57(53)50-28-9-12-36-54(50)61-55)43-25-13-22-41(38-43)45-30-16-32-49-47-27-8-11-34-52(47)60(58(45)49)42-23-5-2-6-24-42/h2,5-17,20-39H,1,3-4,18-19H2. The highest BCUT2D eigenvalue weighted by Gasteiger charge is 2.25. The zero-order valence-electron chi connectivity index (χ0n) is 34.0. The van der Waals surface area contributed by atoms with Crippen LogP contribution in [0.4, 0.5) is 17.1 Å². The first-order valence-corrected chi connectivity index (χ1v) is 21.8. The highest BCUT2D eigenvalue weighted by atomic mass is 16.3. The summed E-state index contributed by atoms with van der Waals surface area (Å²) in [5.74, 6) is 0.568. The van der Waals surface area contributed by atoms with Crippen molar-refractivity contribution in [2.24, 2.45) is 0 Å². The first-order chi connectivity index (χ1) is 30.3. The Balaban J connectivity index is 1.13. The molecule has 0 radical (unpaired) electrons. The van der Waals surface area contributed by atoms with E-state index in [-0.39, 0.29) is 0 Å². The molecule has 0 aliphatic heterocycles. The molecule has 0 bridgehead atoms. The smallest absolute Gasteiger partial charge is 0.137 e. The van der Waals surface area contributed by atoms with Crippen molar-refractivity contribution in [2.45, 2.75) is 38.0 Å². The highest BCUT2D eigenvalue weighted by Crippen LogP contribution is 2.49. The molecule has 292 valence electrons. The van der Waals surface area contributed by atoms with Crippen LogP contribution < -0.4 is 4.90 Å². The van der Waals surface area contributed by atoms with Gasteiger partial charge in [0, 0.05) is 38.7 Å². The highest BCUT2D eigenvalue weighted by molar-refractivity contribution is 6.16. The van der Waals surface area contributed by atoms with E-state index in [0.717, 1.165) is 50.3 Å². The lowest BCUT2D eigenvalue weighted by molar-refractivity contribution is 0.445. The van der Waals surface area contributed by atoms with Crippen LogP contribution >= 0.6 is 0 Å². The Bertz CT molecular complexity index is 3420. The van der Waals surface area contributed by atoms with E-state index in [1.165, 1.54) is 86.9 Å². The minimum atomic E-state index is 0.568. The Hall–Kier alpha value is -7.36. The first kappa shape index (κ1) is 35.6. The molecule has 12 rings (SSSR count). The lowest BCUT2D eigenvalue weighted by Crippen LogP contribution is -2.12. The van der Waals surface area contributed by atoms with Crippen molar-refractivity contribution in [3.05, 3.63) is 206 Å². The molecule has 0 unspecified atom stereocenters. The van der Waals surface area contributed by atoms with Crippen molar-refractivity contribution in [3.8, 4) is 27.9 Å². The zero-order valence-corrected chi connectivity index (χ0v) is 34.0. The molecule has 2 heterocycles. The van der Waals surface area contributed by atoms with Gasteiger partial charge in [0.25, 0.3) is 0 Å². The van der Waals surface area contributed by atoms with E-state index in [4.69, 9.17) is 4.42 Å². The van der Waals surface area contributed by atoms with Gasteiger partial charge >= 0.3 is 0 Å². The number of furan rings is 1. The van der Waals surface area contributed by atoms with Gasteiger partial charge in [0.1, 0.15) is 11.2 Å². The molecule has 0 amide bonds. The third-order valence-corrected chi connectivity index (χ3v) is 13.2. The second-order valence-corrected chi connectivity index (χ2v) is 16.6. The predicted octanol–water partition coefficient (Wildman–Crippen LogP) is 16.7. The van der Waals surface area contributed by atoms with Gasteiger partial charge in [-0.15, -0.1) is 0 Å². The SMILES string of the molecule is c1ccc(-n2c3ccccc3c3cccc(-c4cccc(N(c5ccccc5-c5cccc6cccc(C7CCCCC7)c56)c5cccc6oc7ccccc7c56)c4)c32)cc1. The summed E-state index contributed by atoms with van der Waals surface area (Å²) in [5.41, 5.74) is 14.9. The predicted molar refractivity (Wildman–Crippen MR) is 257 cm³/mol. The maximum absolute atomic E-state index is 6.57. The average Bonchev–Trinajstić information content (AvgIpc) is 3.89. The van der Waals surface area contributed by atoms with E-state index in [0.29, 0.717) is 5.92 Å². The fourth-order valence-electron chi connectivity index (χ4n) is 10.5. The van der Waals surface area contributed by atoms with E-state index >= 15 is 0 Å². The summed E-state index contributed by atoms with van der Waals surface area (Å²) in [6, 6.07) is 73.2. The van der Waals surface area contributed by atoms with Crippen molar-refractivity contribution >= 4 is 71.6 Å². The second-order valence-electron chi connectivity index (χ2n) is 16.6. The molecule has 3 heteroatoms. The molecule has 2 aromatic heterocycles. The largest absolute Gasteiger partial charge is 0.456 e. The fraction of sp³-hybridized carbons (Fsp3) is 0.103. The van der Waals surface area contributed by atoms with Gasteiger partial charge in [-0.2, -0.15) is 0 Å². The molecule has 9 aromatic carbocycles. The number of fused-ring (bicyclic) bond motifs is 7. The van der Waals surface area contributed by atoms with Crippen molar-refractivity contribution in [1.29, 1.82) is 0 Å².